The molecule has 0 amide bonds. The summed E-state index contributed by atoms with van der Waals surface area (Å²) in [5.41, 5.74) is 1.95. The van der Waals surface area contributed by atoms with Crippen molar-refractivity contribution in [3.05, 3.63) is 10.6 Å². The predicted octanol–water partition coefficient (Wildman–Crippen LogP) is 3.43. The van der Waals surface area contributed by atoms with E-state index in [2.05, 4.69) is 18.7 Å². The van der Waals surface area contributed by atoms with Gasteiger partial charge in [0, 0.05) is 23.7 Å². The maximum atomic E-state index is 5.87. The molecule has 0 N–H and O–H groups in total. The zero-order valence-corrected chi connectivity index (χ0v) is 9.83. The summed E-state index contributed by atoms with van der Waals surface area (Å²) in [6.45, 7) is 7.68. The van der Waals surface area contributed by atoms with Gasteiger partial charge in [0.2, 0.25) is 0 Å². The first kappa shape index (κ1) is 11.4. The van der Waals surface area contributed by atoms with Crippen LogP contribution in [0.4, 0.5) is 0 Å². The van der Waals surface area contributed by atoms with Gasteiger partial charge in [0.05, 0.1) is 0 Å². The van der Waals surface area contributed by atoms with Crippen LogP contribution in [0, 0.1) is 5.41 Å². The van der Waals surface area contributed by atoms with E-state index in [-0.39, 0.29) is 0 Å². The van der Waals surface area contributed by atoms with Crippen molar-refractivity contribution in [2.45, 2.75) is 26.7 Å². The molecule has 0 aromatic carbocycles. The Labute approximate surface area is 90.7 Å². The first-order valence-electron chi connectivity index (χ1n) is 4.77. The fourth-order valence-corrected chi connectivity index (χ4v) is 2.04. The number of likely N-dealkylation sites (tertiary alicyclic amines) is 1. The average molecular weight is 222 g/mol. The number of halogens is 2. The van der Waals surface area contributed by atoms with Gasteiger partial charge in [0.15, 0.2) is 0 Å². The van der Waals surface area contributed by atoms with Gasteiger partial charge in [-0.3, -0.25) is 4.90 Å². The van der Waals surface area contributed by atoms with Gasteiger partial charge in [0.25, 0.3) is 0 Å². The van der Waals surface area contributed by atoms with Crippen LogP contribution in [0.5, 0.6) is 0 Å². The van der Waals surface area contributed by atoms with Crippen LogP contribution >= 0.6 is 23.2 Å². The van der Waals surface area contributed by atoms with Crippen LogP contribution in [0.25, 0.3) is 0 Å². The molecule has 0 aromatic rings. The molecule has 3 heteroatoms. The van der Waals surface area contributed by atoms with Crippen LogP contribution in [0.15, 0.2) is 10.6 Å². The fourth-order valence-electron chi connectivity index (χ4n) is 1.80. The summed E-state index contributed by atoms with van der Waals surface area (Å²) in [5.74, 6) is 0. The quantitative estimate of drug-likeness (QED) is 0.707. The van der Waals surface area contributed by atoms with E-state index in [9.17, 15) is 0 Å². The van der Waals surface area contributed by atoms with Crippen molar-refractivity contribution in [2.75, 3.05) is 19.6 Å². The molecule has 1 unspecified atom stereocenters. The molecule has 76 valence electrons. The third-order valence-corrected chi connectivity index (χ3v) is 3.59. The minimum atomic E-state index is 0.490. The second kappa shape index (κ2) is 4.68. The van der Waals surface area contributed by atoms with Crippen molar-refractivity contribution in [3.63, 3.8) is 0 Å². The molecule has 1 fully saturated rings. The van der Waals surface area contributed by atoms with E-state index in [1.165, 1.54) is 18.4 Å². The van der Waals surface area contributed by atoms with Crippen molar-refractivity contribution in [3.8, 4) is 0 Å². The minimum absolute atomic E-state index is 0.490. The first-order chi connectivity index (χ1) is 6.09. The Morgan fingerprint density at radius 3 is 2.77 bits per heavy atom. The van der Waals surface area contributed by atoms with Gasteiger partial charge in [0.1, 0.15) is 0 Å². The molecule has 0 aromatic heterocycles. The van der Waals surface area contributed by atoms with E-state index in [1.807, 2.05) is 0 Å². The van der Waals surface area contributed by atoms with Crippen molar-refractivity contribution >= 4 is 23.2 Å². The molecule has 1 aliphatic heterocycles. The van der Waals surface area contributed by atoms with Gasteiger partial charge in [-0.05, 0) is 24.8 Å². The van der Waals surface area contributed by atoms with E-state index in [0.29, 0.717) is 5.41 Å². The third kappa shape index (κ3) is 3.16. The van der Waals surface area contributed by atoms with Crippen LogP contribution in [0.3, 0.4) is 0 Å². The Hall–Kier alpha value is 0.280. The van der Waals surface area contributed by atoms with E-state index in [0.717, 1.165) is 24.7 Å². The number of hydrogen-bond acceptors (Lipinski definition) is 1. The molecular formula is C10H17Cl2N. The summed E-state index contributed by atoms with van der Waals surface area (Å²) in [6, 6.07) is 0. The molecule has 0 saturated carbocycles. The molecular weight excluding hydrogens is 205 g/mol. The SMILES string of the molecule is CCC1(C)CCN(C/C(Cl)=C/Cl)C1. The maximum absolute atomic E-state index is 5.87. The van der Waals surface area contributed by atoms with Crippen molar-refractivity contribution < 1.29 is 0 Å². The van der Waals surface area contributed by atoms with Gasteiger partial charge in [-0.25, -0.2) is 0 Å². The van der Waals surface area contributed by atoms with Crippen molar-refractivity contribution in [1.82, 2.24) is 4.90 Å². The summed E-state index contributed by atoms with van der Waals surface area (Å²) in [5, 5.41) is 0.738. The van der Waals surface area contributed by atoms with Gasteiger partial charge in [-0.1, -0.05) is 37.0 Å². The second-order valence-electron chi connectivity index (χ2n) is 4.18. The highest BCUT2D eigenvalue weighted by Crippen LogP contribution is 2.33. The van der Waals surface area contributed by atoms with Crippen LogP contribution in [0.2, 0.25) is 0 Å². The highest BCUT2D eigenvalue weighted by atomic mass is 35.5. The Morgan fingerprint density at radius 2 is 2.31 bits per heavy atom. The molecule has 0 spiro atoms. The largest absolute Gasteiger partial charge is 0.298 e. The van der Waals surface area contributed by atoms with Crippen LogP contribution < -0.4 is 0 Å². The Bertz CT molecular complexity index is 203. The van der Waals surface area contributed by atoms with Crippen LogP contribution in [-0.4, -0.2) is 24.5 Å². The lowest BCUT2D eigenvalue weighted by atomic mass is 9.87. The Morgan fingerprint density at radius 1 is 1.62 bits per heavy atom. The van der Waals surface area contributed by atoms with Gasteiger partial charge < -0.3 is 0 Å². The zero-order valence-electron chi connectivity index (χ0n) is 8.32. The Kier molecular flexibility index (Phi) is 4.08. The molecule has 1 atom stereocenters. The van der Waals surface area contributed by atoms with Crippen LogP contribution in [0.1, 0.15) is 26.7 Å². The lowest BCUT2D eigenvalue weighted by Crippen LogP contribution is -2.25. The maximum Gasteiger partial charge on any atom is 0.0434 e. The minimum Gasteiger partial charge on any atom is -0.298 e. The highest BCUT2D eigenvalue weighted by Gasteiger charge is 2.31. The monoisotopic (exact) mass is 221 g/mol. The summed E-state index contributed by atoms with van der Waals surface area (Å²) >= 11 is 11.4. The molecule has 1 heterocycles. The summed E-state index contributed by atoms with van der Waals surface area (Å²) in [4.78, 5) is 2.37. The van der Waals surface area contributed by atoms with E-state index < -0.39 is 0 Å². The third-order valence-electron chi connectivity index (χ3n) is 2.98. The zero-order chi connectivity index (χ0) is 9.90. The predicted molar refractivity (Wildman–Crippen MR) is 59.2 cm³/mol. The molecule has 1 nitrogen and oxygen atoms in total. The fraction of sp³-hybridized carbons (Fsp3) is 0.800. The lowest BCUT2D eigenvalue weighted by Gasteiger charge is -2.22. The number of nitrogens with zero attached hydrogens (tertiary/aromatic N) is 1. The van der Waals surface area contributed by atoms with Gasteiger partial charge in [-0.2, -0.15) is 0 Å². The molecule has 1 aliphatic rings. The molecule has 1 saturated heterocycles. The normalized spacial score (nSPS) is 31.2. The van der Waals surface area contributed by atoms with Crippen LogP contribution in [-0.2, 0) is 0 Å². The molecule has 13 heavy (non-hydrogen) atoms. The van der Waals surface area contributed by atoms with E-state index in [1.54, 1.807) is 0 Å². The second-order valence-corrected chi connectivity index (χ2v) is 4.88. The van der Waals surface area contributed by atoms with Crippen molar-refractivity contribution in [2.24, 2.45) is 5.41 Å². The topological polar surface area (TPSA) is 3.24 Å². The van der Waals surface area contributed by atoms with Gasteiger partial charge >= 0.3 is 0 Å². The summed E-state index contributed by atoms with van der Waals surface area (Å²) in [6.07, 6.45) is 2.52. The van der Waals surface area contributed by atoms with Crippen molar-refractivity contribution in [1.29, 1.82) is 0 Å². The summed E-state index contributed by atoms with van der Waals surface area (Å²) in [7, 11) is 0. The molecule has 1 rings (SSSR count). The van der Waals surface area contributed by atoms with E-state index >= 15 is 0 Å². The standard InChI is InChI=1S/C10H17Cl2N/c1-3-10(2)4-5-13(8-10)7-9(12)6-11/h6H,3-5,7-8H2,1-2H3/b9-6-. The Balaban J connectivity index is 2.41. The molecule has 0 bridgehead atoms. The first-order valence-corrected chi connectivity index (χ1v) is 5.58. The molecule has 0 radical (unpaired) electrons. The number of rotatable bonds is 3. The highest BCUT2D eigenvalue weighted by molar-refractivity contribution is 6.36. The average Bonchev–Trinajstić information content (AvgIpc) is 2.48. The van der Waals surface area contributed by atoms with E-state index in [4.69, 9.17) is 23.2 Å². The van der Waals surface area contributed by atoms with Gasteiger partial charge in [-0.15, -0.1) is 0 Å². The number of hydrogen-bond donors (Lipinski definition) is 0. The molecule has 0 aliphatic carbocycles. The lowest BCUT2D eigenvalue weighted by molar-refractivity contribution is 0.284. The smallest absolute Gasteiger partial charge is 0.0434 e. The summed E-state index contributed by atoms with van der Waals surface area (Å²) < 4.78 is 0.